The topological polar surface area (TPSA) is 9.23 Å². The van der Waals surface area contributed by atoms with Gasteiger partial charge in [-0.1, -0.05) is 23.8 Å². The first kappa shape index (κ1) is 10.7. The SMILES string of the molecule is C=CC[C@H]1OC(Cl)[C@](C)(F)[C@@H]1C=C. The summed E-state index contributed by atoms with van der Waals surface area (Å²) in [5.74, 6) is -0.354. The van der Waals surface area contributed by atoms with Crippen molar-refractivity contribution in [3.63, 3.8) is 0 Å². The van der Waals surface area contributed by atoms with Crippen molar-refractivity contribution in [3.8, 4) is 0 Å². The summed E-state index contributed by atoms with van der Waals surface area (Å²) in [5, 5.41) is 0. The van der Waals surface area contributed by atoms with Crippen LogP contribution >= 0.6 is 11.6 Å². The Morgan fingerprint density at radius 1 is 1.62 bits per heavy atom. The van der Waals surface area contributed by atoms with E-state index in [9.17, 15) is 4.39 Å². The summed E-state index contributed by atoms with van der Waals surface area (Å²) in [4.78, 5) is 0. The molecule has 13 heavy (non-hydrogen) atoms. The van der Waals surface area contributed by atoms with Crippen molar-refractivity contribution in [2.75, 3.05) is 0 Å². The smallest absolute Gasteiger partial charge is 0.165 e. The van der Waals surface area contributed by atoms with E-state index in [4.69, 9.17) is 16.3 Å². The second-order valence-corrected chi connectivity index (χ2v) is 3.82. The fourth-order valence-corrected chi connectivity index (χ4v) is 1.91. The Balaban J connectivity index is 2.81. The van der Waals surface area contributed by atoms with Gasteiger partial charge in [0, 0.05) is 5.92 Å². The van der Waals surface area contributed by atoms with Crippen LogP contribution in [0.25, 0.3) is 0 Å². The van der Waals surface area contributed by atoms with E-state index in [0.29, 0.717) is 6.42 Å². The van der Waals surface area contributed by atoms with Gasteiger partial charge in [-0.25, -0.2) is 4.39 Å². The molecular weight excluding hydrogens is 191 g/mol. The molecule has 0 radical (unpaired) electrons. The van der Waals surface area contributed by atoms with Crippen LogP contribution in [0.5, 0.6) is 0 Å². The third-order valence-corrected chi connectivity index (χ3v) is 2.97. The molecule has 0 saturated carbocycles. The first-order valence-corrected chi connectivity index (χ1v) is 4.69. The monoisotopic (exact) mass is 204 g/mol. The fraction of sp³-hybridized carbons (Fsp3) is 0.600. The van der Waals surface area contributed by atoms with Crippen LogP contribution in [0.4, 0.5) is 4.39 Å². The molecule has 0 aromatic rings. The molecule has 0 amide bonds. The van der Waals surface area contributed by atoms with E-state index in [1.165, 1.54) is 6.92 Å². The van der Waals surface area contributed by atoms with Crippen molar-refractivity contribution in [1.29, 1.82) is 0 Å². The number of hydrogen-bond acceptors (Lipinski definition) is 1. The molecule has 1 heterocycles. The highest BCUT2D eigenvalue weighted by Gasteiger charge is 2.51. The highest BCUT2D eigenvalue weighted by molar-refractivity contribution is 6.20. The van der Waals surface area contributed by atoms with Gasteiger partial charge in [-0.2, -0.15) is 0 Å². The first-order chi connectivity index (χ1) is 6.04. The number of hydrogen-bond donors (Lipinski definition) is 0. The van der Waals surface area contributed by atoms with Crippen molar-refractivity contribution >= 4 is 11.6 Å². The van der Waals surface area contributed by atoms with Gasteiger partial charge < -0.3 is 4.74 Å². The molecule has 1 aliphatic heterocycles. The quantitative estimate of drug-likeness (QED) is 0.507. The Bertz CT molecular complexity index is 215. The Hall–Kier alpha value is -0.340. The lowest BCUT2D eigenvalue weighted by Crippen LogP contribution is -2.32. The molecule has 1 aliphatic rings. The van der Waals surface area contributed by atoms with Gasteiger partial charge in [0.25, 0.3) is 0 Å². The Morgan fingerprint density at radius 2 is 2.23 bits per heavy atom. The van der Waals surface area contributed by atoms with Crippen LogP contribution in [0.3, 0.4) is 0 Å². The summed E-state index contributed by atoms with van der Waals surface area (Å²) in [7, 11) is 0. The highest BCUT2D eigenvalue weighted by Crippen LogP contribution is 2.43. The lowest BCUT2D eigenvalue weighted by molar-refractivity contribution is 0.0577. The van der Waals surface area contributed by atoms with Gasteiger partial charge in [0.15, 0.2) is 11.2 Å². The van der Waals surface area contributed by atoms with Crippen LogP contribution in [0.2, 0.25) is 0 Å². The van der Waals surface area contributed by atoms with E-state index in [2.05, 4.69) is 13.2 Å². The van der Waals surface area contributed by atoms with Gasteiger partial charge in [0.1, 0.15) is 0 Å². The molecule has 1 saturated heterocycles. The van der Waals surface area contributed by atoms with Crippen LogP contribution in [0, 0.1) is 5.92 Å². The molecule has 0 aromatic carbocycles. The average molecular weight is 205 g/mol. The lowest BCUT2D eigenvalue weighted by Gasteiger charge is -2.21. The van der Waals surface area contributed by atoms with Crippen LogP contribution in [0.1, 0.15) is 13.3 Å². The average Bonchev–Trinajstić information content (AvgIpc) is 2.24. The van der Waals surface area contributed by atoms with Crippen LogP contribution in [0.15, 0.2) is 25.3 Å². The maximum Gasteiger partial charge on any atom is 0.165 e. The van der Waals surface area contributed by atoms with Gasteiger partial charge in [0.2, 0.25) is 0 Å². The second kappa shape index (κ2) is 3.81. The number of alkyl halides is 2. The van der Waals surface area contributed by atoms with Crippen molar-refractivity contribution < 1.29 is 9.13 Å². The van der Waals surface area contributed by atoms with E-state index >= 15 is 0 Å². The molecular formula is C10H14ClFO. The summed E-state index contributed by atoms with van der Waals surface area (Å²) in [5.41, 5.74) is -2.42. The molecule has 1 unspecified atom stereocenters. The van der Waals surface area contributed by atoms with E-state index in [1.54, 1.807) is 12.2 Å². The van der Waals surface area contributed by atoms with E-state index in [-0.39, 0.29) is 12.0 Å². The van der Waals surface area contributed by atoms with E-state index < -0.39 is 11.2 Å². The predicted octanol–water partition coefficient (Wildman–Crippen LogP) is 3.06. The summed E-state index contributed by atoms with van der Waals surface area (Å²) in [6.07, 6.45) is 3.63. The minimum atomic E-state index is -1.53. The molecule has 0 N–H and O–H groups in total. The standard InChI is InChI=1S/C10H14ClFO/c1-4-6-8-7(5-2)10(3,12)9(11)13-8/h4-5,7-9H,1-2,6H2,3H3/t7-,8-,9?,10-/m1/s1. The van der Waals surface area contributed by atoms with Crippen LogP contribution < -0.4 is 0 Å². The summed E-state index contributed by atoms with van der Waals surface area (Å²) >= 11 is 5.73. The van der Waals surface area contributed by atoms with Crippen molar-refractivity contribution in [1.82, 2.24) is 0 Å². The third-order valence-electron chi connectivity index (χ3n) is 2.44. The molecule has 0 spiro atoms. The largest absolute Gasteiger partial charge is 0.355 e. The number of rotatable bonds is 3. The van der Waals surface area contributed by atoms with Crippen LogP contribution in [-0.4, -0.2) is 17.3 Å². The maximum atomic E-state index is 13.9. The second-order valence-electron chi connectivity index (χ2n) is 3.43. The zero-order chi connectivity index (χ0) is 10.1. The zero-order valence-corrected chi connectivity index (χ0v) is 8.43. The van der Waals surface area contributed by atoms with Gasteiger partial charge in [-0.15, -0.1) is 13.2 Å². The Labute approximate surface area is 83.2 Å². The molecule has 1 rings (SSSR count). The minimum absolute atomic E-state index is 0.229. The fourth-order valence-electron chi connectivity index (χ4n) is 1.63. The van der Waals surface area contributed by atoms with Crippen molar-refractivity contribution in [2.24, 2.45) is 5.92 Å². The first-order valence-electron chi connectivity index (χ1n) is 4.26. The predicted molar refractivity (Wildman–Crippen MR) is 52.5 cm³/mol. The molecule has 3 heteroatoms. The summed E-state index contributed by atoms with van der Waals surface area (Å²) < 4.78 is 19.1. The molecule has 74 valence electrons. The summed E-state index contributed by atoms with van der Waals surface area (Å²) in [6.45, 7) is 8.62. The third kappa shape index (κ3) is 1.79. The van der Waals surface area contributed by atoms with E-state index in [0.717, 1.165) is 0 Å². The Kier molecular flexibility index (Phi) is 3.14. The van der Waals surface area contributed by atoms with E-state index in [1.807, 2.05) is 0 Å². The minimum Gasteiger partial charge on any atom is -0.355 e. The molecule has 0 bridgehead atoms. The Morgan fingerprint density at radius 3 is 2.69 bits per heavy atom. The van der Waals surface area contributed by atoms with Crippen molar-refractivity contribution in [3.05, 3.63) is 25.3 Å². The van der Waals surface area contributed by atoms with Crippen LogP contribution in [-0.2, 0) is 4.74 Å². The normalized spacial score (nSPS) is 44.7. The highest BCUT2D eigenvalue weighted by atomic mass is 35.5. The van der Waals surface area contributed by atoms with Gasteiger partial charge in [-0.3, -0.25) is 0 Å². The maximum absolute atomic E-state index is 13.9. The van der Waals surface area contributed by atoms with Gasteiger partial charge in [-0.05, 0) is 13.3 Å². The number of halogens is 2. The van der Waals surface area contributed by atoms with Gasteiger partial charge >= 0.3 is 0 Å². The van der Waals surface area contributed by atoms with Crippen molar-refractivity contribution in [2.45, 2.75) is 30.7 Å². The lowest BCUT2D eigenvalue weighted by atomic mass is 9.88. The van der Waals surface area contributed by atoms with Gasteiger partial charge in [0.05, 0.1) is 6.10 Å². The molecule has 0 aliphatic carbocycles. The molecule has 1 nitrogen and oxygen atoms in total. The summed E-state index contributed by atoms with van der Waals surface area (Å²) in [6, 6.07) is 0. The number of ether oxygens (including phenoxy) is 1. The zero-order valence-electron chi connectivity index (χ0n) is 7.67. The molecule has 1 fully saturated rings. The molecule has 4 atom stereocenters. The molecule has 0 aromatic heterocycles.